The fraction of sp³-hybridized carbons (Fsp3) is 0.462. The number of ether oxygens (including phenoxy) is 1. The lowest BCUT2D eigenvalue weighted by Crippen LogP contribution is -2.43. The van der Waals surface area contributed by atoms with Crippen molar-refractivity contribution in [1.82, 2.24) is 14.8 Å². The number of nitrogens with zero attached hydrogens (tertiary/aromatic N) is 3. The highest BCUT2D eigenvalue weighted by Gasteiger charge is 2.30. The fourth-order valence-electron chi connectivity index (χ4n) is 4.03. The molecule has 10 heteroatoms. The van der Waals surface area contributed by atoms with Crippen LogP contribution < -0.4 is 10.2 Å². The first-order valence-corrected chi connectivity index (χ1v) is 13.0. The summed E-state index contributed by atoms with van der Waals surface area (Å²) in [5.41, 5.74) is -0.254. The summed E-state index contributed by atoms with van der Waals surface area (Å²) in [5, 5.41) is 0.731. The number of unbranched alkanes of at least 4 members (excludes halogenated alkanes) is 2. The predicted octanol–water partition coefficient (Wildman–Crippen LogP) is 4.94. The van der Waals surface area contributed by atoms with E-state index in [1.54, 1.807) is 24.0 Å². The van der Waals surface area contributed by atoms with Gasteiger partial charge < -0.3 is 14.1 Å². The molecule has 0 amide bonds. The van der Waals surface area contributed by atoms with Crippen LogP contribution in [0.4, 0.5) is 13.2 Å². The van der Waals surface area contributed by atoms with Crippen molar-refractivity contribution in [2.75, 3.05) is 45.6 Å². The second-order valence-electron chi connectivity index (χ2n) is 8.97. The monoisotopic (exact) mass is 522 g/mol. The molecule has 0 saturated carbocycles. The molecule has 6 nitrogen and oxygen atoms in total. The number of pyridine rings is 1. The molecule has 0 atom stereocenters. The van der Waals surface area contributed by atoms with E-state index in [4.69, 9.17) is 9.15 Å². The minimum Gasteiger partial charge on any atom is -0.483 e. The number of hydrogen-bond acceptors (Lipinski definition) is 6. The molecule has 4 rings (SSSR count). The Morgan fingerprint density at radius 1 is 1.08 bits per heavy atom. The molecule has 1 saturated heterocycles. The summed E-state index contributed by atoms with van der Waals surface area (Å²) in [4.78, 5) is 19.9. The minimum absolute atomic E-state index is 0.0826. The lowest BCUT2D eigenvalue weighted by Gasteiger charge is -2.31. The molecule has 0 aliphatic carbocycles. The number of likely N-dealkylation sites (N-methyl/N-ethyl adjacent to an activating group) is 1. The van der Waals surface area contributed by atoms with E-state index >= 15 is 0 Å². The highest BCUT2D eigenvalue weighted by molar-refractivity contribution is 7.99. The first-order chi connectivity index (χ1) is 17.3. The average Bonchev–Trinajstić information content (AvgIpc) is 2.85. The number of piperazine rings is 1. The minimum atomic E-state index is -4.38. The van der Waals surface area contributed by atoms with Gasteiger partial charge in [-0.05, 0) is 50.3 Å². The second kappa shape index (κ2) is 12.1. The number of aromatic nitrogens is 1. The highest BCUT2D eigenvalue weighted by atomic mass is 32.2. The van der Waals surface area contributed by atoms with Gasteiger partial charge in [-0.2, -0.15) is 13.2 Å². The van der Waals surface area contributed by atoms with E-state index in [0.717, 1.165) is 73.6 Å². The molecular weight excluding hydrogens is 491 g/mol. The largest absolute Gasteiger partial charge is 0.483 e. The van der Waals surface area contributed by atoms with Crippen LogP contribution in [-0.2, 0) is 12.7 Å². The standard InChI is InChI=1S/C26H30F3N3O3S/c1-31-9-11-32(12-10-31)17-20-16-23(33)24(18-35-20)34-13-3-2-4-14-36-25-7-8-30-22-15-19(26(27,28)29)5-6-21(22)25/h5-8,15-16,18H,2-4,9-14,17H2,1H3/p+1. The summed E-state index contributed by atoms with van der Waals surface area (Å²) < 4.78 is 50.2. The molecule has 1 N–H and O–H groups in total. The molecule has 194 valence electrons. The number of halogens is 3. The lowest BCUT2D eigenvalue weighted by molar-refractivity contribution is -0.137. The maximum atomic E-state index is 12.9. The van der Waals surface area contributed by atoms with Crippen molar-refractivity contribution in [3.8, 4) is 5.75 Å². The third-order valence-corrected chi connectivity index (χ3v) is 7.34. The Bertz CT molecular complexity index is 1210. The van der Waals surface area contributed by atoms with Crippen molar-refractivity contribution >= 4 is 22.7 Å². The SMILES string of the molecule is CN1CCN(Cc2cc(=[OH+])c(OCCCCCSc3ccnc4cc(C(F)(F)F)ccc34)co2)CC1. The predicted molar refractivity (Wildman–Crippen MR) is 133 cm³/mol. The van der Waals surface area contributed by atoms with Crippen LogP contribution in [0.25, 0.3) is 10.9 Å². The van der Waals surface area contributed by atoms with E-state index in [-0.39, 0.29) is 5.43 Å². The summed E-state index contributed by atoms with van der Waals surface area (Å²) in [6, 6.07) is 7.16. The van der Waals surface area contributed by atoms with Gasteiger partial charge in [-0.1, -0.05) is 6.07 Å². The molecule has 2 aromatic heterocycles. The van der Waals surface area contributed by atoms with Crippen LogP contribution in [-0.4, -0.2) is 65.2 Å². The first kappa shape index (κ1) is 26.5. The van der Waals surface area contributed by atoms with Crippen LogP contribution in [0.5, 0.6) is 5.75 Å². The van der Waals surface area contributed by atoms with E-state index < -0.39 is 11.7 Å². The van der Waals surface area contributed by atoms with Crippen LogP contribution in [0.1, 0.15) is 30.6 Å². The second-order valence-corrected chi connectivity index (χ2v) is 10.1. The number of thioether (sulfide) groups is 1. The Morgan fingerprint density at radius 2 is 1.89 bits per heavy atom. The number of rotatable bonds is 10. The molecule has 3 heterocycles. The molecule has 0 unspecified atom stereocenters. The van der Waals surface area contributed by atoms with Gasteiger partial charge in [0.1, 0.15) is 12.0 Å². The molecule has 3 aromatic rings. The number of alkyl halides is 3. The molecule has 1 aromatic carbocycles. The topological polar surface area (TPSA) is 63.1 Å². The molecule has 0 spiro atoms. The van der Waals surface area contributed by atoms with Crippen molar-refractivity contribution in [1.29, 1.82) is 0 Å². The summed E-state index contributed by atoms with van der Waals surface area (Å²) in [7, 11) is 2.11. The fourth-order valence-corrected chi connectivity index (χ4v) is 5.09. The third-order valence-electron chi connectivity index (χ3n) is 6.18. The van der Waals surface area contributed by atoms with Gasteiger partial charge in [-0.3, -0.25) is 14.7 Å². The average molecular weight is 523 g/mol. The van der Waals surface area contributed by atoms with Gasteiger partial charge in [0.25, 0.3) is 5.75 Å². The van der Waals surface area contributed by atoms with Gasteiger partial charge in [-0.15, -0.1) is 11.8 Å². The normalized spacial score (nSPS) is 15.4. The lowest BCUT2D eigenvalue weighted by atomic mass is 10.1. The van der Waals surface area contributed by atoms with Crippen molar-refractivity contribution in [3.05, 3.63) is 59.5 Å². The van der Waals surface area contributed by atoms with Crippen molar-refractivity contribution in [3.63, 3.8) is 0 Å². The van der Waals surface area contributed by atoms with E-state index in [1.165, 1.54) is 12.3 Å². The zero-order chi connectivity index (χ0) is 25.5. The Hall–Kier alpha value is -2.56. The molecule has 0 radical (unpaired) electrons. The van der Waals surface area contributed by atoms with Crippen molar-refractivity contribution in [2.24, 2.45) is 0 Å². The summed E-state index contributed by atoms with van der Waals surface area (Å²) in [5.74, 6) is 1.88. The van der Waals surface area contributed by atoms with Gasteiger partial charge in [0.2, 0.25) is 0 Å². The summed E-state index contributed by atoms with van der Waals surface area (Å²) >= 11 is 1.61. The Balaban J connectivity index is 1.17. The van der Waals surface area contributed by atoms with Crippen LogP contribution >= 0.6 is 11.8 Å². The third kappa shape index (κ3) is 7.24. The number of benzene rings is 1. The van der Waals surface area contributed by atoms with Crippen molar-refractivity contribution in [2.45, 2.75) is 36.9 Å². The summed E-state index contributed by atoms with van der Waals surface area (Å²) in [6.45, 7) is 5.11. The first-order valence-electron chi connectivity index (χ1n) is 12.1. The van der Waals surface area contributed by atoms with E-state index in [1.807, 2.05) is 6.07 Å². The molecule has 1 aliphatic heterocycles. The molecule has 36 heavy (non-hydrogen) atoms. The number of hydrogen-bond donors (Lipinski definition) is 0. The van der Waals surface area contributed by atoms with Crippen molar-refractivity contribution < 1.29 is 27.1 Å². The molecule has 1 fully saturated rings. The zero-order valence-electron chi connectivity index (χ0n) is 20.3. The Morgan fingerprint density at radius 3 is 2.64 bits per heavy atom. The number of fused-ring (bicyclic) bond motifs is 1. The van der Waals surface area contributed by atoms with E-state index in [0.29, 0.717) is 30.2 Å². The Kier molecular flexibility index (Phi) is 8.92. The van der Waals surface area contributed by atoms with Gasteiger partial charge in [0.15, 0.2) is 0 Å². The van der Waals surface area contributed by atoms with Gasteiger partial charge in [-0.25, -0.2) is 0 Å². The Labute approximate surface area is 212 Å². The molecular formula is C26H31F3N3O3S+. The zero-order valence-corrected chi connectivity index (χ0v) is 21.1. The smallest absolute Gasteiger partial charge is 0.416 e. The summed E-state index contributed by atoms with van der Waals surface area (Å²) in [6.07, 6.45) is 1.31. The maximum absolute atomic E-state index is 12.9. The van der Waals surface area contributed by atoms with E-state index in [9.17, 15) is 18.0 Å². The quantitative estimate of drug-likeness (QED) is 0.214. The van der Waals surface area contributed by atoms with Crippen LogP contribution in [0.15, 0.2) is 52.1 Å². The van der Waals surface area contributed by atoms with Gasteiger partial charge >= 0.3 is 11.6 Å². The van der Waals surface area contributed by atoms with E-state index in [2.05, 4.69) is 21.8 Å². The molecule has 0 bridgehead atoms. The highest BCUT2D eigenvalue weighted by Crippen LogP contribution is 2.34. The van der Waals surface area contributed by atoms with Gasteiger partial charge in [0.05, 0.1) is 30.3 Å². The van der Waals surface area contributed by atoms with Crippen LogP contribution in [0, 0.1) is 0 Å². The van der Waals surface area contributed by atoms with Crippen LogP contribution in [0.2, 0.25) is 0 Å². The molecule has 1 aliphatic rings. The maximum Gasteiger partial charge on any atom is 0.416 e. The van der Waals surface area contributed by atoms with Crippen LogP contribution in [0.3, 0.4) is 0 Å². The van der Waals surface area contributed by atoms with Gasteiger partial charge in [0, 0.05) is 42.7 Å².